The lowest BCUT2D eigenvalue weighted by Gasteiger charge is -2.46. The first-order valence-corrected chi connectivity index (χ1v) is 9.98. The first-order chi connectivity index (χ1) is 10.3. The highest BCUT2D eigenvalue weighted by atomic mass is 127. The second kappa shape index (κ2) is 13.5. The summed E-state index contributed by atoms with van der Waals surface area (Å²) in [5, 5.41) is 0. The molecule has 0 amide bonds. The Labute approximate surface area is 187 Å². The van der Waals surface area contributed by atoms with E-state index in [0.717, 1.165) is 12.1 Å². The van der Waals surface area contributed by atoms with Crippen molar-refractivity contribution in [3.8, 4) is 0 Å². The zero-order chi connectivity index (χ0) is 16.6. The number of unbranched alkanes of at least 4 members (excludes halogenated alkanes) is 4. The highest BCUT2D eigenvalue weighted by Gasteiger charge is 2.38. The van der Waals surface area contributed by atoms with Gasteiger partial charge >= 0.3 is 0 Å². The average Bonchev–Trinajstić information content (AvgIpc) is 2.48. The lowest BCUT2D eigenvalue weighted by Crippen LogP contribution is -3.00. The fraction of sp³-hybridized carbons (Fsp3) is 1.00. The maximum atomic E-state index is 2.47. The zero-order valence-corrected chi connectivity index (χ0v) is 21.6. The molecule has 0 radical (unpaired) electrons. The first kappa shape index (κ1) is 27.6. The molecule has 0 spiro atoms. The molecule has 4 heteroatoms. The Hall–Kier alpha value is 1.38. The molecule has 0 N–H and O–H groups in total. The van der Waals surface area contributed by atoms with Gasteiger partial charge in [-0.15, -0.1) is 0 Å². The Kier molecular flexibility index (Phi) is 15.6. The van der Waals surface area contributed by atoms with Crippen molar-refractivity contribution in [2.24, 2.45) is 0 Å². The minimum atomic E-state index is 0. The summed E-state index contributed by atoms with van der Waals surface area (Å²) in [5.74, 6) is 0. The van der Waals surface area contributed by atoms with Gasteiger partial charge in [-0.3, -0.25) is 0 Å². The minimum absolute atomic E-state index is 0. The van der Waals surface area contributed by atoms with Crippen LogP contribution in [0, 0.1) is 0 Å². The topological polar surface area (TPSA) is 0 Å². The highest BCUT2D eigenvalue weighted by molar-refractivity contribution is 4.74. The van der Waals surface area contributed by atoms with E-state index in [2.05, 4.69) is 42.0 Å². The van der Waals surface area contributed by atoms with E-state index in [-0.39, 0.29) is 48.0 Å². The van der Waals surface area contributed by atoms with Gasteiger partial charge in [0.15, 0.2) is 0 Å². The predicted molar refractivity (Wildman–Crippen MR) is 99.0 cm³/mol. The third-order valence-electron chi connectivity index (χ3n) is 6.32. The van der Waals surface area contributed by atoms with Crippen molar-refractivity contribution in [3.63, 3.8) is 0 Å². The Morgan fingerprint density at radius 1 is 0.583 bits per heavy atom. The summed E-state index contributed by atoms with van der Waals surface area (Å²) < 4.78 is 2.52. The number of hydrogen-bond acceptors (Lipinski definition) is 0. The van der Waals surface area contributed by atoms with Crippen molar-refractivity contribution in [1.82, 2.24) is 0 Å². The van der Waals surface area contributed by atoms with Crippen molar-refractivity contribution < 1.29 is 56.9 Å². The minimum Gasteiger partial charge on any atom is -1.00 e. The van der Waals surface area contributed by atoms with Crippen LogP contribution in [-0.4, -0.2) is 62.3 Å². The summed E-state index contributed by atoms with van der Waals surface area (Å²) in [5.41, 5.74) is 0. The number of rotatable bonds is 10. The molecular formula is C20H44I2N2. The largest absolute Gasteiger partial charge is 1.00 e. The second-order valence-corrected chi connectivity index (χ2v) is 8.88. The summed E-state index contributed by atoms with van der Waals surface area (Å²) in [6, 6.07) is 1.81. The van der Waals surface area contributed by atoms with Crippen LogP contribution in [0.2, 0.25) is 0 Å². The maximum Gasteiger partial charge on any atom is 0.0890 e. The Balaban J connectivity index is 0. The van der Waals surface area contributed by atoms with E-state index in [9.17, 15) is 0 Å². The SMILES string of the molecule is CCCCC[N+](C)(C)C1CCC([N+](C)(C)CCCCC)CC1.[I-].[I-]. The monoisotopic (exact) mass is 566 g/mol. The standard InChI is InChI=1S/C20H44N2.2HI/c1-7-9-11-17-21(3,4)19-13-15-20(16-14-19)22(5,6)18-12-10-8-2;;/h19-20H,7-18H2,1-6H3;2*1H/q+2;;/p-2. The third-order valence-corrected chi connectivity index (χ3v) is 6.32. The summed E-state index contributed by atoms with van der Waals surface area (Å²) in [6.45, 7) is 7.36. The van der Waals surface area contributed by atoms with Crippen LogP contribution in [0.5, 0.6) is 0 Å². The normalized spacial score (nSPS) is 21.8. The summed E-state index contributed by atoms with van der Waals surface area (Å²) in [6.07, 6.45) is 14.1. The van der Waals surface area contributed by atoms with E-state index in [1.807, 2.05) is 0 Å². The molecule has 0 atom stereocenters. The van der Waals surface area contributed by atoms with Crippen molar-refractivity contribution in [3.05, 3.63) is 0 Å². The van der Waals surface area contributed by atoms with Gasteiger partial charge < -0.3 is 56.9 Å². The van der Waals surface area contributed by atoms with E-state index >= 15 is 0 Å². The fourth-order valence-corrected chi connectivity index (χ4v) is 4.36. The number of hydrogen-bond donors (Lipinski definition) is 0. The summed E-state index contributed by atoms with van der Waals surface area (Å²) in [7, 11) is 9.90. The van der Waals surface area contributed by atoms with Gasteiger partial charge in [0.1, 0.15) is 0 Å². The molecule has 1 rings (SSSR count). The van der Waals surface area contributed by atoms with Gasteiger partial charge in [-0.05, 0) is 25.7 Å². The number of halogens is 2. The molecule has 1 aliphatic rings. The second-order valence-electron chi connectivity index (χ2n) is 8.88. The molecule has 0 aromatic rings. The van der Waals surface area contributed by atoms with Gasteiger partial charge in [0.05, 0.1) is 53.4 Å². The van der Waals surface area contributed by atoms with Gasteiger partial charge in [0.2, 0.25) is 0 Å². The van der Waals surface area contributed by atoms with Gasteiger partial charge in [0, 0.05) is 25.7 Å². The molecule has 0 heterocycles. The highest BCUT2D eigenvalue weighted by Crippen LogP contribution is 2.31. The van der Waals surface area contributed by atoms with Gasteiger partial charge in [-0.2, -0.15) is 0 Å². The van der Waals surface area contributed by atoms with Crippen LogP contribution in [0.4, 0.5) is 0 Å². The number of quaternary nitrogens is 2. The number of nitrogens with zero attached hydrogens (tertiary/aromatic N) is 2. The summed E-state index contributed by atoms with van der Waals surface area (Å²) in [4.78, 5) is 0. The molecule has 148 valence electrons. The van der Waals surface area contributed by atoms with Crippen molar-refractivity contribution in [1.29, 1.82) is 0 Å². The first-order valence-electron chi connectivity index (χ1n) is 9.98. The quantitative estimate of drug-likeness (QED) is 0.178. The van der Waals surface area contributed by atoms with Crippen LogP contribution in [-0.2, 0) is 0 Å². The lowest BCUT2D eigenvalue weighted by atomic mass is 9.87. The summed E-state index contributed by atoms with van der Waals surface area (Å²) >= 11 is 0. The van der Waals surface area contributed by atoms with E-state index in [0.29, 0.717) is 0 Å². The molecule has 0 unspecified atom stereocenters. The van der Waals surface area contributed by atoms with Crippen LogP contribution >= 0.6 is 0 Å². The molecule has 0 bridgehead atoms. The van der Waals surface area contributed by atoms with Crippen LogP contribution in [0.25, 0.3) is 0 Å². The third kappa shape index (κ3) is 9.36. The fourth-order valence-electron chi connectivity index (χ4n) is 4.36. The molecule has 0 aromatic heterocycles. The molecular weight excluding hydrogens is 522 g/mol. The van der Waals surface area contributed by atoms with Crippen molar-refractivity contribution >= 4 is 0 Å². The molecule has 1 saturated carbocycles. The molecule has 1 aliphatic carbocycles. The maximum absolute atomic E-state index is 2.47. The molecule has 0 aliphatic heterocycles. The van der Waals surface area contributed by atoms with E-state index in [1.165, 1.54) is 86.3 Å². The van der Waals surface area contributed by atoms with Crippen LogP contribution in [0.3, 0.4) is 0 Å². The van der Waals surface area contributed by atoms with Gasteiger partial charge in [0.25, 0.3) is 0 Å². The van der Waals surface area contributed by atoms with E-state index in [1.54, 1.807) is 0 Å². The van der Waals surface area contributed by atoms with Crippen molar-refractivity contribution in [2.75, 3.05) is 41.3 Å². The Morgan fingerprint density at radius 2 is 0.875 bits per heavy atom. The van der Waals surface area contributed by atoms with E-state index in [4.69, 9.17) is 0 Å². The molecule has 0 saturated heterocycles. The Bertz CT molecular complexity index is 268. The van der Waals surface area contributed by atoms with E-state index < -0.39 is 0 Å². The van der Waals surface area contributed by atoms with Crippen LogP contribution in [0.15, 0.2) is 0 Å². The van der Waals surface area contributed by atoms with Gasteiger partial charge in [-0.25, -0.2) is 0 Å². The lowest BCUT2D eigenvalue weighted by molar-refractivity contribution is -0.931. The molecule has 24 heavy (non-hydrogen) atoms. The van der Waals surface area contributed by atoms with Gasteiger partial charge in [-0.1, -0.05) is 26.7 Å². The average molecular weight is 566 g/mol. The smallest absolute Gasteiger partial charge is 0.0890 e. The molecule has 1 fully saturated rings. The Morgan fingerprint density at radius 3 is 1.12 bits per heavy atom. The molecule has 0 aromatic carbocycles. The van der Waals surface area contributed by atoms with Crippen LogP contribution < -0.4 is 48.0 Å². The predicted octanol–water partition coefficient (Wildman–Crippen LogP) is -1.16. The van der Waals surface area contributed by atoms with Crippen LogP contribution in [0.1, 0.15) is 78.1 Å². The zero-order valence-electron chi connectivity index (χ0n) is 17.3. The molecule has 2 nitrogen and oxygen atoms in total. The van der Waals surface area contributed by atoms with Crippen molar-refractivity contribution in [2.45, 2.75) is 90.1 Å².